The molecule has 0 radical (unpaired) electrons. The molecule has 0 saturated carbocycles. The number of carbonyl (C=O) groups excluding carboxylic acids is 2. The zero-order chi connectivity index (χ0) is 17.5. The molecule has 2 aromatic carbocycles. The van der Waals surface area contributed by atoms with Gasteiger partial charge in [-0.25, -0.2) is 4.79 Å². The van der Waals surface area contributed by atoms with Gasteiger partial charge in [-0.1, -0.05) is 30.3 Å². The Morgan fingerprint density at radius 1 is 1.08 bits per heavy atom. The molecule has 0 atom stereocenters. The maximum atomic E-state index is 11.9. The van der Waals surface area contributed by atoms with Gasteiger partial charge in [0.05, 0.1) is 5.69 Å². The van der Waals surface area contributed by atoms with Gasteiger partial charge in [0.25, 0.3) is 0 Å². The number of ether oxygens (including phenoxy) is 1. The van der Waals surface area contributed by atoms with E-state index >= 15 is 0 Å². The van der Waals surface area contributed by atoms with Crippen molar-refractivity contribution < 1.29 is 14.3 Å². The minimum atomic E-state index is -0.631. The van der Waals surface area contributed by atoms with Gasteiger partial charge in [-0.2, -0.15) is 0 Å². The lowest BCUT2D eigenvalue weighted by Crippen LogP contribution is -2.33. The summed E-state index contributed by atoms with van der Waals surface area (Å²) in [6.07, 6.45) is -0.631. The second kappa shape index (κ2) is 8.49. The molecule has 0 bridgehead atoms. The highest BCUT2D eigenvalue weighted by Crippen LogP contribution is 2.25. The highest BCUT2D eigenvalue weighted by atomic mass is 79.9. The lowest BCUT2D eigenvalue weighted by Gasteiger charge is -2.11. The molecule has 5 nitrogen and oxygen atoms in total. The van der Waals surface area contributed by atoms with E-state index in [1.165, 1.54) is 0 Å². The standard InChI is InChI=1S/C18H19BrN2O3/c1-12-8-15(19)16(9-13(12)2)21-17(22)10-20-18(23)24-11-14-6-4-3-5-7-14/h3-9H,10-11H2,1-2H3,(H,20,23)(H,21,22). The van der Waals surface area contributed by atoms with E-state index in [4.69, 9.17) is 4.74 Å². The van der Waals surface area contributed by atoms with Crippen molar-refractivity contribution in [2.75, 3.05) is 11.9 Å². The maximum absolute atomic E-state index is 11.9. The first kappa shape index (κ1) is 18.0. The van der Waals surface area contributed by atoms with Gasteiger partial charge >= 0.3 is 6.09 Å². The molecule has 0 aliphatic rings. The zero-order valence-electron chi connectivity index (χ0n) is 13.6. The van der Waals surface area contributed by atoms with Gasteiger partial charge in [-0.15, -0.1) is 0 Å². The van der Waals surface area contributed by atoms with E-state index in [0.29, 0.717) is 5.69 Å². The highest BCUT2D eigenvalue weighted by Gasteiger charge is 2.10. The van der Waals surface area contributed by atoms with E-state index in [1.807, 2.05) is 56.3 Å². The van der Waals surface area contributed by atoms with Gasteiger partial charge in [-0.3, -0.25) is 4.79 Å². The first-order valence-corrected chi connectivity index (χ1v) is 8.26. The average Bonchev–Trinajstić information content (AvgIpc) is 2.57. The molecule has 6 heteroatoms. The predicted octanol–water partition coefficient (Wildman–Crippen LogP) is 3.93. The average molecular weight is 391 g/mol. The molecule has 126 valence electrons. The van der Waals surface area contributed by atoms with Crippen molar-refractivity contribution >= 4 is 33.6 Å². The second-order valence-electron chi connectivity index (χ2n) is 5.38. The van der Waals surface area contributed by atoms with Gasteiger partial charge in [0.15, 0.2) is 0 Å². The van der Waals surface area contributed by atoms with Gasteiger partial charge < -0.3 is 15.4 Å². The zero-order valence-corrected chi connectivity index (χ0v) is 15.1. The predicted molar refractivity (Wildman–Crippen MR) is 96.9 cm³/mol. The third-order valence-corrected chi connectivity index (χ3v) is 4.12. The van der Waals surface area contributed by atoms with Crippen LogP contribution in [0, 0.1) is 13.8 Å². The largest absolute Gasteiger partial charge is 0.445 e. The van der Waals surface area contributed by atoms with Crippen LogP contribution in [0.1, 0.15) is 16.7 Å². The number of rotatable bonds is 5. The van der Waals surface area contributed by atoms with Crippen LogP contribution in [0.5, 0.6) is 0 Å². The lowest BCUT2D eigenvalue weighted by atomic mass is 10.1. The summed E-state index contributed by atoms with van der Waals surface area (Å²) in [6.45, 7) is 3.97. The van der Waals surface area contributed by atoms with Crippen LogP contribution in [0.2, 0.25) is 0 Å². The number of hydrogen-bond donors (Lipinski definition) is 2. The number of benzene rings is 2. The third kappa shape index (κ3) is 5.38. The number of nitrogens with one attached hydrogen (secondary N) is 2. The van der Waals surface area contributed by atoms with E-state index in [-0.39, 0.29) is 19.1 Å². The Labute approximate surface area is 149 Å². The Morgan fingerprint density at radius 2 is 1.75 bits per heavy atom. The second-order valence-corrected chi connectivity index (χ2v) is 6.23. The molecule has 0 aliphatic carbocycles. The van der Waals surface area contributed by atoms with Gasteiger partial charge in [0, 0.05) is 4.47 Å². The molecule has 0 unspecified atom stereocenters. The molecule has 0 saturated heterocycles. The molecule has 0 fully saturated rings. The van der Waals surface area contributed by atoms with E-state index in [0.717, 1.165) is 21.2 Å². The van der Waals surface area contributed by atoms with E-state index in [2.05, 4.69) is 26.6 Å². The summed E-state index contributed by atoms with van der Waals surface area (Å²) >= 11 is 3.41. The summed E-state index contributed by atoms with van der Waals surface area (Å²) in [5, 5.41) is 5.18. The number of hydrogen-bond acceptors (Lipinski definition) is 3. The molecule has 0 heterocycles. The number of anilines is 1. The summed E-state index contributed by atoms with van der Waals surface area (Å²) < 4.78 is 5.84. The van der Waals surface area contributed by atoms with Crippen molar-refractivity contribution in [3.05, 3.63) is 63.6 Å². The number of alkyl carbamates (subject to hydrolysis) is 1. The van der Waals surface area contributed by atoms with Crippen LogP contribution in [0.4, 0.5) is 10.5 Å². The summed E-state index contributed by atoms with van der Waals surface area (Å²) in [4.78, 5) is 23.6. The van der Waals surface area contributed by atoms with Crippen molar-refractivity contribution in [1.29, 1.82) is 0 Å². The van der Waals surface area contributed by atoms with Crippen LogP contribution in [0.25, 0.3) is 0 Å². The topological polar surface area (TPSA) is 67.4 Å². The molecule has 2 aromatic rings. The summed E-state index contributed by atoms with van der Waals surface area (Å²) in [5.74, 6) is -0.324. The fraction of sp³-hybridized carbons (Fsp3) is 0.222. The van der Waals surface area contributed by atoms with E-state index in [9.17, 15) is 9.59 Å². The van der Waals surface area contributed by atoms with Crippen LogP contribution in [-0.2, 0) is 16.1 Å². The van der Waals surface area contributed by atoms with Crippen molar-refractivity contribution in [1.82, 2.24) is 5.32 Å². The number of aryl methyl sites for hydroxylation is 2. The molecule has 2 rings (SSSR count). The monoisotopic (exact) mass is 390 g/mol. The number of carbonyl (C=O) groups is 2. The molecular formula is C18H19BrN2O3. The Bertz CT molecular complexity index is 733. The Hall–Kier alpha value is -2.34. The van der Waals surface area contributed by atoms with Crippen molar-refractivity contribution in [2.45, 2.75) is 20.5 Å². The minimum absolute atomic E-state index is 0.160. The molecular weight excluding hydrogens is 372 g/mol. The Morgan fingerprint density at radius 3 is 2.46 bits per heavy atom. The smallest absolute Gasteiger partial charge is 0.407 e. The molecule has 2 N–H and O–H groups in total. The Balaban J connectivity index is 1.78. The van der Waals surface area contributed by atoms with Gasteiger partial charge in [0.1, 0.15) is 13.2 Å². The maximum Gasteiger partial charge on any atom is 0.407 e. The van der Waals surface area contributed by atoms with Crippen molar-refractivity contribution in [3.8, 4) is 0 Å². The molecule has 0 spiro atoms. The van der Waals surface area contributed by atoms with Gasteiger partial charge in [0.2, 0.25) is 5.91 Å². The minimum Gasteiger partial charge on any atom is -0.445 e. The highest BCUT2D eigenvalue weighted by molar-refractivity contribution is 9.10. The SMILES string of the molecule is Cc1cc(Br)c(NC(=O)CNC(=O)OCc2ccccc2)cc1C. The normalized spacial score (nSPS) is 10.1. The fourth-order valence-electron chi connectivity index (χ4n) is 2.00. The summed E-state index contributed by atoms with van der Waals surface area (Å²) in [5.41, 5.74) is 3.75. The number of halogens is 1. The third-order valence-electron chi connectivity index (χ3n) is 3.46. The van der Waals surface area contributed by atoms with Crippen LogP contribution < -0.4 is 10.6 Å². The lowest BCUT2D eigenvalue weighted by molar-refractivity contribution is -0.115. The molecule has 0 aliphatic heterocycles. The summed E-state index contributed by atoms with van der Waals surface area (Å²) in [7, 11) is 0. The van der Waals surface area contributed by atoms with E-state index in [1.54, 1.807) is 0 Å². The van der Waals surface area contributed by atoms with Gasteiger partial charge in [-0.05, 0) is 58.6 Å². The first-order valence-electron chi connectivity index (χ1n) is 7.47. The Kier molecular flexibility index (Phi) is 6.37. The van der Waals surface area contributed by atoms with Crippen molar-refractivity contribution in [3.63, 3.8) is 0 Å². The molecule has 2 amide bonds. The quantitative estimate of drug-likeness (QED) is 0.812. The molecule has 0 aromatic heterocycles. The van der Waals surface area contributed by atoms with E-state index < -0.39 is 6.09 Å². The van der Waals surface area contributed by atoms with Crippen LogP contribution in [0.3, 0.4) is 0 Å². The van der Waals surface area contributed by atoms with Crippen LogP contribution in [-0.4, -0.2) is 18.5 Å². The van der Waals surface area contributed by atoms with Crippen LogP contribution in [0.15, 0.2) is 46.9 Å². The molecule has 24 heavy (non-hydrogen) atoms. The van der Waals surface area contributed by atoms with Crippen LogP contribution >= 0.6 is 15.9 Å². The summed E-state index contributed by atoms with van der Waals surface area (Å²) in [6, 6.07) is 13.2. The first-order chi connectivity index (χ1) is 11.5. The number of amides is 2. The van der Waals surface area contributed by atoms with Crippen molar-refractivity contribution in [2.24, 2.45) is 0 Å². The fourth-order valence-corrected chi connectivity index (χ4v) is 2.55.